The van der Waals surface area contributed by atoms with Crippen molar-refractivity contribution in [3.63, 3.8) is 0 Å². The molecule has 0 unspecified atom stereocenters. The number of alkyl halides is 1. The standard InChI is InChI=1S/C14H15F2N3O2/c1-8(20)18-9-3-4-12(16)11(5-9)14(2)6-10(7-15)21-13(17)19-14/h3-6H,7H2,1-2H3,(H2,17,19)(H,18,20)/t14-/m0/s1. The van der Waals surface area contributed by atoms with Crippen molar-refractivity contribution in [2.24, 2.45) is 10.7 Å². The fourth-order valence-electron chi connectivity index (χ4n) is 2.16. The number of nitrogens with two attached hydrogens (primary N) is 1. The number of hydrogen-bond acceptors (Lipinski definition) is 4. The third-order valence-electron chi connectivity index (χ3n) is 2.98. The van der Waals surface area contributed by atoms with E-state index in [1.54, 1.807) is 6.92 Å². The average molecular weight is 295 g/mol. The summed E-state index contributed by atoms with van der Waals surface area (Å²) in [5, 5.41) is 2.55. The summed E-state index contributed by atoms with van der Waals surface area (Å²) in [6, 6.07) is 3.83. The lowest BCUT2D eigenvalue weighted by Gasteiger charge is -2.28. The Hall–Kier alpha value is -2.44. The molecule has 1 aliphatic rings. The van der Waals surface area contributed by atoms with Crippen LogP contribution in [0.15, 0.2) is 35.0 Å². The number of halogens is 2. The summed E-state index contributed by atoms with van der Waals surface area (Å²) in [5.74, 6) is -0.860. The highest BCUT2D eigenvalue weighted by molar-refractivity contribution is 5.88. The van der Waals surface area contributed by atoms with Crippen molar-refractivity contribution in [3.8, 4) is 0 Å². The van der Waals surface area contributed by atoms with Gasteiger partial charge in [0.1, 0.15) is 23.8 Å². The first-order valence-electron chi connectivity index (χ1n) is 6.22. The van der Waals surface area contributed by atoms with E-state index in [-0.39, 0.29) is 23.3 Å². The maximum Gasteiger partial charge on any atom is 0.288 e. The molecule has 0 aromatic heterocycles. The van der Waals surface area contributed by atoms with Gasteiger partial charge in [-0.05, 0) is 31.2 Å². The maximum absolute atomic E-state index is 14.1. The number of allylic oxidation sites excluding steroid dienone is 1. The molecule has 7 heteroatoms. The van der Waals surface area contributed by atoms with E-state index in [9.17, 15) is 13.6 Å². The van der Waals surface area contributed by atoms with Gasteiger partial charge in [0.05, 0.1) is 0 Å². The first-order chi connectivity index (χ1) is 9.84. The molecule has 0 fully saturated rings. The van der Waals surface area contributed by atoms with Crippen molar-refractivity contribution in [1.29, 1.82) is 0 Å². The van der Waals surface area contributed by atoms with Crippen LogP contribution >= 0.6 is 0 Å². The molecule has 0 bridgehead atoms. The SMILES string of the molecule is CC(=O)Nc1ccc(F)c([C@]2(C)C=C(CF)OC(N)=N2)c1. The summed E-state index contributed by atoms with van der Waals surface area (Å²) < 4.78 is 31.8. The van der Waals surface area contributed by atoms with E-state index < -0.39 is 18.0 Å². The maximum atomic E-state index is 14.1. The Balaban J connectivity index is 2.50. The molecule has 21 heavy (non-hydrogen) atoms. The molecule has 0 aliphatic carbocycles. The molecule has 0 radical (unpaired) electrons. The molecule has 1 heterocycles. The van der Waals surface area contributed by atoms with Crippen LogP contribution in [0.1, 0.15) is 19.4 Å². The number of nitrogens with zero attached hydrogens (tertiary/aromatic N) is 1. The highest BCUT2D eigenvalue weighted by Crippen LogP contribution is 2.34. The van der Waals surface area contributed by atoms with Crippen LogP contribution in [0.3, 0.4) is 0 Å². The van der Waals surface area contributed by atoms with Crippen LogP contribution in [0, 0.1) is 5.82 Å². The molecule has 0 saturated carbocycles. The lowest BCUT2D eigenvalue weighted by molar-refractivity contribution is -0.114. The molecule has 1 aromatic carbocycles. The molecular weight excluding hydrogens is 280 g/mol. The van der Waals surface area contributed by atoms with E-state index in [0.29, 0.717) is 5.69 Å². The lowest BCUT2D eigenvalue weighted by Crippen LogP contribution is -2.31. The van der Waals surface area contributed by atoms with Crippen LogP contribution in [-0.2, 0) is 15.1 Å². The van der Waals surface area contributed by atoms with Crippen molar-refractivity contribution in [2.75, 3.05) is 12.0 Å². The monoisotopic (exact) mass is 295 g/mol. The minimum atomic E-state index is -1.21. The van der Waals surface area contributed by atoms with Crippen LogP contribution in [0.4, 0.5) is 14.5 Å². The largest absolute Gasteiger partial charge is 0.428 e. The third-order valence-corrected chi connectivity index (χ3v) is 2.98. The van der Waals surface area contributed by atoms with Gasteiger partial charge in [-0.15, -0.1) is 0 Å². The van der Waals surface area contributed by atoms with Gasteiger partial charge in [-0.3, -0.25) is 4.79 Å². The van der Waals surface area contributed by atoms with Gasteiger partial charge in [0.2, 0.25) is 5.91 Å². The highest BCUT2D eigenvalue weighted by atomic mass is 19.1. The summed E-state index contributed by atoms with van der Waals surface area (Å²) in [6.07, 6.45) is 1.36. The number of anilines is 1. The normalized spacial score (nSPS) is 21.1. The van der Waals surface area contributed by atoms with Crippen LogP contribution in [-0.4, -0.2) is 18.6 Å². The summed E-state index contributed by atoms with van der Waals surface area (Å²) in [4.78, 5) is 15.1. The molecule has 1 atom stereocenters. The number of amidine groups is 1. The van der Waals surface area contributed by atoms with Crippen LogP contribution in [0.5, 0.6) is 0 Å². The zero-order valence-electron chi connectivity index (χ0n) is 11.6. The predicted octanol–water partition coefficient (Wildman–Crippen LogP) is 2.20. The minimum absolute atomic E-state index is 0.0330. The molecule has 0 spiro atoms. The molecule has 5 nitrogen and oxygen atoms in total. The van der Waals surface area contributed by atoms with E-state index in [2.05, 4.69) is 10.3 Å². The number of rotatable bonds is 3. The number of carbonyl (C=O) groups excluding carboxylic acids is 1. The van der Waals surface area contributed by atoms with Crippen molar-refractivity contribution in [1.82, 2.24) is 0 Å². The Morgan fingerprint density at radius 2 is 2.24 bits per heavy atom. The Labute approximate surface area is 120 Å². The number of ether oxygens (including phenoxy) is 1. The van der Waals surface area contributed by atoms with Gasteiger partial charge in [-0.1, -0.05) is 0 Å². The fraction of sp³-hybridized carbons (Fsp3) is 0.286. The summed E-state index contributed by atoms with van der Waals surface area (Å²) >= 11 is 0. The molecule has 0 saturated heterocycles. The fourth-order valence-corrected chi connectivity index (χ4v) is 2.16. The molecular formula is C14H15F2N3O2. The third kappa shape index (κ3) is 3.18. The number of carbonyl (C=O) groups is 1. The number of amides is 1. The van der Waals surface area contributed by atoms with Crippen molar-refractivity contribution in [2.45, 2.75) is 19.4 Å². The Morgan fingerprint density at radius 3 is 2.86 bits per heavy atom. The van der Waals surface area contributed by atoms with Crippen LogP contribution in [0.2, 0.25) is 0 Å². The summed E-state index contributed by atoms with van der Waals surface area (Å²) in [7, 11) is 0. The van der Waals surface area contributed by atoms with Gasteiger partial charge in [-0.25, -0.2) is 13.8 Å². The zero-order chi connectivity index (χ0) is 15.6. The van der Waals surface area contributed by atoms with Gasteiger partial charge >= 0.3 is 0 Å². The predicted molar refractivity (Wildman–Crippen MR) is 74.8 cm³/mol. The second-order valence-corrected chi connectivity index (χ2v) is 4.82. The number of aliphatic imine (C=N–C) groups is 1. The van der Waals surface area contributed by atoms with Gasteiger partial charge in [-0.2, -0.15) is 0 Å². The van der Waals surface area contributed by atoms with E-state index >= 15 is 0 Å². The Bertz CT molecular complexity index is 643. The number of nitrogens with one attached hydrogen (secondary N) is 1. The molecule has 1 aliphatic heterocycles. The summed E-state index contributed by atoms with van der Waals surface area (Å²) in [5.41, 5.74) is 4.88. The van der Waals surface area contributed by atoms with Crippen molar-refractivity contribution >= 4 is 17.6 Å². The topological polar surface area (TPSA) is 76.7 Å². The van der Waals surface area contributed by atoms with E-state index in [0.717, 1.165) is 0 Å². The first-order valence-corrected chi connectivity index (χ1v) is 6.22. The smallest absolute Gasteiger partial charge is 0.288 e. The molecule has 1 amide bonds. The van der Waals surface area contributed by atoms with Crippen LogP contribution < -0.4 is 11.1 Å². The van der Waals surface area contributed by atoms with Gasteiger partial charge in [0.25, 0.3) is 6.02 Å². The van der Waals surface area contributed by atoms with E-state index in [4.69, 9.17) is 10.5 Å². The first kappa shape index (κ1) is 15.0. The second kappa shape index (κ2) is 5.51. The Kier molecular flexibility index (Phi) is 3.93. The Morgan fingerprint density at radius 1 is 1.52 bits per heavy atom. The molecule has 2 rings (SSSR count). The van der Waals surface area contributed by atoms with Crippen molar-refractivity contribution in [3.05, 3.63) is 41.4 Å². The van der Waals surface area contributed by atoms with Crippen LogP contribution in [0.25, 0.3) is 0 Å². The average Bonchev–Trinajstić information content (AvgIpc) is 2.39. The van der Waals surface area contributed by atoms with Gasteiger partial charge in [0.15, 0.2) is 0 Å². The minimum Gasteiger partial charge on any atom is -0.428 e. The molecule has 1 aromatic rings. The second-order valence-electron chi connectivity index (χ2n) is 4.82. The van der Waals surface area contributed by atoms with Gasteiger partial charge in [0, 0.05) is 18.2 Å². The van der Waals surface area contributed by atoms with E-state index in [1.807, 2.05) is 0 Å². The zero-order valence-corrected chi connectivity index (χ0v) is 11.6. The number of benzene rings is 1. The quantitative estimate of drug-likeness (QED) is 0.897. The lowest BCUT2D eigenvalue weighted by atomic mass is 9.90. The number of hydrogen-bond donors (Lipinski definition) is 2. The molecule has 112 valence electrons. The highest BCUT2D eigenvalue weighted by Gasteiger charge is 2.32. The van der Waals surface area contributed by atoms with Gasteiger partial charge < -0.3 is 15.8 Å². The van der Waals surface area contributed by atoms with E-state index in [1.165, 1.54) is 31.2 Å². The van der Waals surface area contributed by atoms with Crippen molar-refractivity contribution < 1.29 is 18.3 Å². The summed E-state index contributed by atoms with van der Waals surface area (Å²) in [6.45, 7) is 2.04. The molecule has 3 N–H and O–H groups in total.